The fourth-order valence-electron chi connectivity index (χ4n) is 3.19. The van der Waals surface area contributed by atoms with E-state index in [2.05, 4.69) is 60.0 Å². The zero-order chi connectivity index (χ0) is 20.7. The van der Waals surface area contributed by atoms with Gasteiger partial charge in [0.2, 0.25) is 5.91 Å². The maximum atomic E-state index is 12.8. The number of aliphatic imine (C=N–C) groups is 1. The molecule has 1 atom stereocenters. The van der Waals surface area contributed by atoms with E-state index in [1.807, 2.05) is 23.9 Å². The molecule has 1 fully saturated rings. The molecule has 1 unspecified atom stereocenters. The fraction of sp³-hybridized carbons (Fsp3) is 0.409. The van der Waals surface area contributed by atoms with Crippen LogP contribution in [-0.4, -0.2) is 71.7 Å². The number of likely N-dealkylation sites (tertiary alicyclic amines) is 1. The van der Waals surface area contributed by atoms with E-state index in [1.54, 1.807) is 0 Å². The Morgan fingerprint density at radius 2 is 2.04 bits per heavy atom. The van der Waals surface area contributed by atoms with Crippen molar-refractivity contribution in [1.82, 2.24) is 14.7 Å². The largest absolute Gasteiger partial charge is 0.507 e. The monoisotopic (exact) mass is 382 g/mol. The summed E-state index contributed by atoms with van der Waals surface area (Å²) in [6.45, 7) is 11.9. The van der Waals surface area contributed by atoms with Crippen LogP contribution in [0.5, 0.6) is 0 Å². The highest BCUT2D eigenvalue weighted by Crippen LogP contribution is 2.19. The van der Waals surface area contributed by atoms with Crippen LogP contribution in [-0.2, 0) is 11.3 Å². The molecule has 0 radical (unpaired) electrons. The first kappa shape index (κ1) is 21.5. The van der Waals surface area contributed by atoms with E-state index in [1.165, 1.54) is 11.8 Å². The van der Waals surface area contributed by atoms with Gasteiger partial charge in [-0.3, -0.25) is 9.69 Å². The lowest BCUT2D eigenvalue weighted by molar-refractivity contribution is -0.132. The van der Waals surface area contributed by atoms with Gasteiger partial charge in [-0.25, -0.2) is 4.99 Å². The zero-order valence-corrected chi connectivity index (χ0v) is 17.1. The minimum atomic E-state index is -0.122. The molecule has 0 spiro atoms. The predicted octanol–water partition coefficient (Wildman–Crippen LogP) is 2.73. The third-order valence-corrected chi connectivity index (χ3v) is 4.94. The van der Waals surface area contributed by atoms with Crippen molar-refractivity contribution in [2.45, 2.75) is 25.9 Å². The Kier molecular flexibility index (Phi) is 7.61. The molecule has 0 aliphatic carbocycles. The van der Waals surface area contributed by atoms with Crippen molar-refractivity contribution in [3.63, 3.8) is 0 Å². The predicted molar refractivity (Wildman–Crippen MR) is 113 cm³/mol. The summed E-state index contributed by atoms with van der Waals surface area (Å²) in [4.78, 5) is 22.8. The van der Waals surface area contributed by atoms with Crippen LogP contribution in [0.3, 0.4) is 0 Å². The maximum absolute atomic E-state index is 12.8. The molecule has 2 rings (SSSR count). The molecule has 0 aromatic heterocycles. The topological polar surface area (TPSA) is 59.4 Å². The number of aliphatic hydroxyl groups excluding tert-OH is 1. The molecule has 0 saturated carbocycles. The van der Waals surface area contributed by atoms with Crippen molar-refractivity contribution < 1.29 is 9.90 Å². The number of aliphatic hydroxyl groups is 1. The highest BCUT2D eigenvalue weighted by Gasteiger charge is 2.34. The van der Waals surface area contributed by atoms with Gasteiger partial charge >= 0.3 is 0 Å². The lowest BCUT2D eigenvalue weighted by Crippen LogP contribution is -2.42. The van der Waals surface area contributed by atoms with Gasteiger partial charge in [0.25, 0.3) is 0 Å². The van der Waals surface area contributed by atoms with E-state index in [0.29, 0.717) is 25.5 Å². The number of nitrogens with zero attached hydrogens (tertiary/aromatic N) is 4. The van der Waals surface area contributed by atoms with Gasteiger partial charge in [-0.15, -0.1) is 0 Å². The average Bonchev–Trinajstić information content (AvgIpc) is 3.02. The highest BCUT2D eigenvalue weighted by atomic mass is 16.3. The third-order valence-electron chi connectivity index (χ3n) is 4.94. The number of likely N-dealkylation sites (N-methyl/N-ethyl adjacent to an activating group) is 2. The Morgan fingerprint density at radius 1 is 1.36 bits per heavy atom. The zero-order valence-electron chi connectivity index (χ0n) is 17.1. The number of benzene rings is 1. The fourth-order valence-corrected chi connectivity index (χ4v) is 3.19. The summed E-state index contributed by atoms with van der Waals surface area (Å²) in [6.07, 6.45) is 2.09. The van der Waals surface area contributed by atoms with Crippen LogP contribution in [0, 0.1) is 6.92 Å². The number of amides is 1. The van der Waals surface area contributed by atoms with Gasteiger partial charge in [-0.05, 0) is 26.0 Å². The Bertz CT molecular complexity index is 778. The second kappa shape index (κ2) is 9.93. The number of aryl methyl sites for hydroxylation is 1. The SMILES string of the molecule is C=C=C(/N=C\C(=C)O)N(C)CCN(C)C1CCN(Cc2ccc(C)cc2)C1=O. The van der Waals surface area contributed by atoms with Crippen LogP contribution in [0.2, 0.25) is 0 Å². The minimum absolute atomic E-state index is 0.101. The van der Waals surface area contributed by atoms with E-state index in [-0.39, 0.29) is 17.7 Å². The summed E-state index contributed by atoms with van der Waals surface area (Å²) in [6, 6.07) is 8.22. The van der Waals surface area contributed by atoms with Crippen LogP contribution < -0.4 is 0 Å². The Balaban J connectivity index is 1.88. The first-order chi connectivity index (χ1) is 13.3. The third kappa shape index (κ3) is 5.84. The Morgan fingerprint density at radius 3 is 2.64 bits per heavy atom. The lowest BCUT2D eigenvalue weighted by Gasteiger charge is -2.26. The van der Waals surface area contributed by atoms with Crippen molar-refractivity contribution in [2.24, 2.45) is 4.99 Å². The van der Waals surface area contributed by atoms with E-state index in [0.717, 1.165) is 18.5 Å². The summed E-state index contributed by atoms with van der Waals surface area (Å²) in [7, 11) is 3.85. The molecule has 1 aromatic rings. The van der Waals surface area contributed by atoms with Crippen LogP contribution >= 0.6 is 0 Å². The first-order valence-electron chi connectivity index (χ1n) is 9.39. The van der Waals surface area contributed by atoms with Gasteiger partial charge in [0, 0.05) is 33.2 Å². The van der Waals surface area contributed by atoms with E-state index in [4.69, 9.17) is 5.11 Å². The van der Waals surface area contributed by atoms with Gasteiger partial charge in [0.1, 0.15) is 5.76 Å². The van der Waals surface area contributed by atoms with Crippen molar-refractivity contribution in [1.29, 1.82) is 0 Å². The average molecular weight is 383 g/mol. The summed E-state index contributed by atoms with van der Waals surface area (Å²) in [5, 5.41) is 9.14. The number of allylic oxidation sites excluding steroid dienone is 1. The van der Waals surface area contributed by atoms with Crippen molar-refractivity contribution in [3.8, 4) is 0 Å². The smallest absolute Gasteiger partial charge is 0.240 e. The second-order valence-electron chi connectivity index (χ2n) is 7.20. The van der Waals surface area contributed by atoms with Crippen LogP contribution in [0.15, 0.2) is 59.7 Å². The van der Waals surface area contributed by atoms with Gasteiger partial charge in [-0.1, -0.05) is 48.7 Å². The molecule has 1 saturated heterocycles. The Labute approximate surface area is 167 Å². The summed E-state index contributed by atoms with van der Waals surface area (Å²) in [5.74, 6) is 0.575. The molecule has 6 heteroatoms. The molecular weight excluding hydrogens is 352 g/mol. The highest BCUT2D eigenvalue weighted by molar-refractivity contribution is 5.84. The number of hydrogen-bond acceptors (Lipinski definition) is 5. The number of hydrogen-bond donors (Lipinski definition) is 1. The Hall–Kier alpha value is -2.82. The van der Waals surface area contributed by atoms with E-state index in [9.17, 15) is 4.79 Å². The molecule has 1 N–H and O–H groups in total. The molecule has 1 amide bonds. The standard InChI is InChI=1S/C22H30N4O2/c1-6-21(23-15-18(3)27)25(5)14-13-24(4)20-11-12-26(22(20)28)16-19-9-7-17(2)8-10-19/h7-10,15,20,27H,1,3,11-14,16H2,2,4-5H3/b23-15-. The first-order valence-corrected chi connectivity index (χ1v) is 9.39. The molecule has 0 bridgehead atoms. The summed E-state index contributed by atoms with van der Waals surface area (Å²) < 4.78 is 0. The van der Waals surface area contributed by atoms with Crippen LogP contribution in [0.4, 0.5) is 0 Å². The molecule has 150 valence electrons. The second-order valence-corrected chi connectivity index (χ2v) is 7.20. The normalized spacial score (nSPS) is 16.6. The van der Waals surface area contributed by atoms with E-state index >= 15 is 0 Å². The van der Waals surface area contributed by atoms with Crippen LogP contribution in [0.1, 0.15) is 17.5 Å². The van der Waals surface area contributed by atoms with Crippen molar-refractivity contribution >= 4 is 12.1 Å². The summed E-state index contributed by atoms with van der Waals surface area (Å²) in [5.41, 5.74) is 5.13. The molecular formula is C22H30N4O2. The number of carbonyl (C=O) groups excluding carboxylic acids is 1. The van der Waals surface area contributed by atoms with Gasteiger partial charge in [-0.2, -0.15) is 0 Å². The summed E-state index contributed by atoms with van der Waals surface area (Å²) >= 11 is 0. The van der Waals surface area contributed by atoms with E-state index < -0.39 is 0 Å². The van der Waals surface area contributed by atoms with Gasteiger partial charge in [0.05, 0.1) is 12.3 Å². The molecule has 1 aliphatic rings. The molecule has 1 aromatic carbocycles. The maximum Gasteiger partial charge on any atom is 0.240 e. The number of rotatable bonds is 9. The molecule has 28 heavy (non-hydrogen) atoms. The van der Waals surface area contributed by atoms with Crippen molar-refractivity contribution in [2.75, 3.05) is 33.7 Å². The minimum Gasteiger partial charge on any atom is -0.507 e. The van der Waals surface area contributed by atoms with Gasteiger partial charge < -0.3 is 14.9 Å². The quantitative estimate of drug-likeness (QED) is 0.405. The van der Waals surface area contributed by atoms with Crippen molar-refractivity contribution in [3.05, 3.63) is 65.9 Å². The molecule has 6 nitrogen and oxygen atoms in total. The molecule has 1 aliphatic heterocycles. The molecule has 1 heterocycles. The van der Waals surface area contributed by atoms with Crippen LogP contribution in [0.25, 0.3) is 0 Å². The van der Waals surface area contributed by atoms with Gasteiger partial charge in [0.15, 0.2) is 5.82 Å². The number of carbonyl (C=O) groups is 1. The lowest BCUT2D eigenvalue weighted by atomic mass is 10.1.